The summed E-state index contributed by atoms with van der Waals surface area (Å²) < 4.78 is 13.5. The number of halogens is 1. The molecule has 2 atom stereocenters. The van der Waals surface area contributed by atoms with Gasteiger partial charge in [-0.1, -0.05) is 62.7 Å². The Hall–Kier alpha value is -4.53. The van der Waals surface area contributed by atoms with Crippen LogP contribution in [-0.2, 0) is 15.0 Å². The van der Waals surface area contributed by atoms with E-state index in [9.17, 15) is 28.7 Å². The summed E-state index contributed by atoms with van der Waals surface area (Å²) in [4.78, 5) is 55.5. The van der Waals surface area contributed by atoms with Crippen molar-refractivity contribution in [1.29, 1.82) is 0 Å². The lowest BCUT2D eigenvalue weighted by atomic mass is 9.86. The molecule has 3 aromatic carbocycles. The van der Waals surface area contributed by atoms with Gasteiger partial charge in [-0.15, -0.1) is 0 Å². The third-order valence-corrected chi connectivity index (χ3v) is 7.16. The summed E-state index contributed by atoms with van der Waals surface area (Å²) in [6.45, 7) is 8.25. The zero-order chi connectivity index (χ0) is 29.9. The van der Waals surface area contributed by atoms with Crippen LogP contribution < -0.4 is 5.32 Å². The van der Waals surface area contributed by atoms with E-state index >= 15 is 0 Å². The molecule has 1 heterocycles. The molecular formula is C32H34FN3O5. The Balaban J connectivity index is 1.68. The van der Waals surface area contributed by atoms with Gasteiger partial charge in [-0.25, -0.2) is 4.39 Å². The predicted octanol–water partition coefficient (Wildman–Crippen LogP) is 4.69. The van der Waals surface area contributed by atoms with Crippen LogP contribution in [0.1, 0.15) is 70.6 Å². The summed E-state index contributed by atoms with van der Waals surface area (Å²) in [6.07, 6.45) is -1.80. The van der Waals surface area contributed by atoms with Crippen LogP contribution >= 0.6 is 0 Å². The van der Waals surface area contributed by atoms with Crippen LogP contribution in [0.4, 0.5) is 4.39 Å². The third-order valence-electron chi connectivity index (χ3n) is 7.16. The molecule has 1 saturated heterocycles. The molecule has 4 rings (SSSR count). The van der Waals surface area contributed by atoms with E-state index in [1.807, 2.05) is 25.1 Å². The van der Waals surface area contributed by atoms with Crippen molar-refractivity contribution in [3.8, 4) is 0 Å². The normalized spacial score (nSPS) is 15.9. The molecule has 0 radical (unpaired) electrons. The minimum absolute atomic E-state index is 0.107. The fraction of sp³-hybridized carbons (Fsp3) is 0.312. The fourth-order valence-corrected chi connectivity index (χ4v) is 4.93. The topological polar surface area (TPSA) is 107 Å². The molecule has 41 heavy (non-hydrogen) atoms. The van der Waals surface area contributed by atoms with Crippen LogP contribution in [0.5, 0.6) is 0 Å². The maximum absolute atomic E-state index is 13.9. The molecule has 214 valence electrons. The Morgan fingerprint density at radius 3 is 2.02 bits per heavy atom. The average Bonchev–Trinajstić information content (AvgIpc) is 3.37. The number of aryl methyl sites for hydroxylation is 1. The lowest BCUT2D eigenvalue weighted by Crippen LogP contribution is -2.54. The Morgan fingerprint density at radius 2 is 1.49 bits per heavy atom. The Bertz CT molecular complexity index is 1450. The van der Waals surface area contributed by atoms with Crippen LogP contribution in [0.2, 0.25) is 0 Å². The number of nitrogens with zero attached hydrogens (tertiary/aromatic N) is 2. The molecule has 3 amide bonds. The largest absolute Gasteiger partial charge is 0.481 e. The van der Waals surface area contributed by atoms with E-state index in [0.29, 0.717) is 16.7 Å². The van der Waals surface area contributed by atoms with Crippen LogP contribution in [-0.4, -0.2) is 57.9 Å². The molecule has 9 heteroatoms. The predicted molar refractivity (Wildman–Crippen MR) is 152 cm³/mol. The number of aliphatic carboxylic acids is 1. The van der Waals surface area contributed by atoms with Crippen molar-refractivity contribution in [3.05, 3.63) is 106 Å². The van der Waals surface area contributed by atoms with Crippen molar-refractivity contribution >= 4 is 23.7 Å². The molecule has 2 N–H and O–H groups in total. The monoisotopic (exact) mass is 559 g/mol. The highest BCUT2D eigenvalue weighted by atomic mass is 19.1. The van der Waals surface area contributed by atoms with Crippen LogP contribution in [0.3, 0.4) is 0 Å². The molecule has 0 aromatic heterocycles. The first-order valence-electron chi connectivity index (χ1n) is 13.4. The number of hydrogen-bond donors (Lipinski definition) is 2. The number of carboxylic acid groups (broad SMARTS) is 1. The zero-order valence-electron chi connectivity index (χ0n) is 23.6. The van der Waals surface area contributed by atoms with Gasteiger partial charge in [-0.05, 0) is 59.9 Å². The Labute approximate surface area is 238 Å². The van der Waals surface area contributed by atoms with E-state index in [0.717, 1.165) is 11.1 Å². The second-order valence-corrected chi connectivity index (χ2v) is 11.3. The molecule has 1 aliphatic heterocycles. The number of rotatable bonds is 7. The summed E-state index contributed by atoms with van der Waals surface area (Å²) in [5.74, 6) is -3.25. The number of carbonyl (C=O) groups is 4. The standard InChI is InChI=1S/C32H34FN3O5/c1-20-6-5-7-23(18-20)31(41)36-17-16-35(30(40)22-8-12-24(13-9-22)32(2,3)4)29(36)28(39)34-26(19-27(37)38)21-10-14-25(33)15-11-21/h5-15,18,26,29H,16-17,19H2,1-4H3,(H,34,39)(H,37,38). The minimum Gasteiger partial charge on any atom is -0.481 e. The first kappa shape index (κ1) is 29.5. The molecule has 0 spiro atoms. The van der Waals surface area contributed by atoms with Crippen LogP contribution in [0.25, 0.3) is 0 Å². The molecule has 2 unspecified atom stereocenters. The quantitative estimate of drug-likeness (QED) is 0.437. The van der Waals surface area contributed by atoms with Gasteiger partial charge < -0.3 is 20.2 Å². The fourth-order valence-electron chi connectivity index (χ4n) is 4.93. The summed E-state index contributed by atoms with van der Waals surface area (Å²) in [5.41, 5.74) is 2.90. The maximum Gasteiger partial charge on any atom is 0.305 e. The lowest BCUT2D eigenvalue weighted by molar-refractivity contribution is -0.138. The molecule has 8 nitrogen and oxygen atoms in total. The Kier molecular flexibility index (Phi) is 8.56. The van der Waals surface area contributed by atoms with E-state index in [-0.39, 0.29) is 18.5 Å². The van der Waals surface area contributed by atoms with Crippen molar-refractivity contribution in [2.75, 3.05) is 13.1 Å². The third kappa shape index (κ3) is 6.80. The number of carbonyl (C=O) groups excluding carboxylic acids is 3. The highest BCUT2D eigenvalue weighted by Gasteiger charge is 2.44. The molecule has 1 fully saturated rings. The van der Waals surface area contributed by atoms with Crippen molar-refractivity contribution in [2.45, 2.75) is 51.7 Å². The lowest BCUT2D eigenvalue weighted by Gasteiger charge is -2.31. The summed E-state index contributed by atoms with van der Waals surface area (Å²) in [6, 6.07) is 18.2. The minimum atomic E-state index is -1.32. The van der Waals surface area contributed by atoms with E-state index in [2.05, 4.69) is 26.1 Å². The molecule has 3 aromatic rings. The maximum atomic E-state index is 13.9. The number of nitrogens with one attached hydrogen (secondary N) is 1. The SMILES string of the molecule is Cc1cccc(C(=O)N2CCN(C(=O)c3ccc(C(C)(C)C)cc3)C2C(=O)NC(CC(=O)O)c2ccc(F)cc2)c1. The van der Waals surface area contributed by atoms with Gasteiger partial charge in [0, 0.05) is 24.2 Å². The highest BCUT2D eigenvalue weighted by molar-refractivity contribution is 6.02. The van der Waals surface area contributed by atoms with Gasteiger partial charge in [0.2, 0.25) is 0 Å². The Morgan fingerprint density at radius 1 is 0.902 bits per heavy atom. The number of hydrogen-bond acceptors (Lipinski definition) is 4. The highest BCUT2D eigenvalue weighted by Crippen LogP contribution is 2.26. The number of carboxylic acids is 1. The smallest absolute Gasteiger partial charge is 0.305 e. The molecule has 0 bridgehead atoms. The molecule has 0 aliphatic carbocycles. The van der Waals surface area contributed by atoms with Crippen LogP contribution in [0, 0.1) is 12.7 Å². The van der Waals surface area contributed by atoms with Gasteiger partial charge in [0.25, 0.3) is 17.7 Å². The van der Waals surface area contributed by atoms with Crippen molar-refractivity contribution in [2.24, 2.45) is 0 Å². The van der Waals surface area contributed by atoms with Gasteiger partial charge in [-0.2, -0.15) is 0 Å². The van der Waals surface area contributed by atoms with Gasteiger partial charge in [0.15, 0.2) is 6.17 Å². The van der Waals surface area contributed by atoms with E-state index in [1.165, 1.54) is 34.1 Å². The summed E-state index contributed by atoms with van der Waals surface area (Å²) >= 11 is 0. The zero-order valence-corrected chi connectivity index (χ0v) is 23.6. The van der Waals surface area contributed by atoms with Crippen molar-refractivity contribution < 1.29 is 28.7 Å². The summed E-state index contributed by atoms with van der Waals surface area (Å²) in [5, 5.41) is 12.2. The second-order valence-electron chi connectivity index (χ2n) is 11.3. The first-order valence-corrected chi connectivity index (χ1v) is 13.4. The number of amides is 3. The molecular weight excluding hydrogens is 525 g/mol. The van der Waals surface area contributed by atoms with Gasteiger partial charge in [0.1, 0.15) is 5.82 Å². The second kappa shape index (κ2) is 11.9. The molecule has 1 aliphatic rings. The average molecular weight is 560 g/mol. The van der Waals surface area contributed by atoms with Crippen molar-refractivity contribution in [1.82, 2.24) is 15.1 Å². The van der Waals surface area contributed by atoms with E-state index < -0.39 is 48.1 Å². The van der Waals surface area contributed by atoms with Gasteiger partial charge in [0.05, 0.1) is 12.5 Å². The van der Waals surface area contributed by atoms with Gasteiger partial charge >= 0.3 is 5.97 Å². The number of benzene rings is 3. The van der Waals surface area contributed by atoms with E-state index in [1.54, 1.807) is 30.3 Å². The van der Waals surface area contributed by atoms with E-state index in [4.69, 9.17) is 0 Å². The van der Waals surface area contributed by atoms with Gasteiger partial charge in [-0.3, -0.25) is 19.2 Å². The van der Waals surface area contributed by atoms with Crippen LogP contribution in [0.15, 0.2) is 72.8 Å². The first-order chi connectivity index (χ1) is 19.3. The molecule has 0 saturated carbocycles. The summed E-state index contributed by atoms with van der Waals surface area (Å²) in [7, 11) is 0. The van der Waals surface area contributed by atoms with Crippen molar-refractivity contribution in [3.63, 3.8) is 0 Å².